The van der Waals surface area contributed by atoms with E-state index >= 15 is 0 Å². The molecule has 19 heteroatoms. The minimum absolute atomic E-state index is 0.154. The van der Waals surface area contributed by atoms with E-state index in [4.69, 9.17) is 9.47 Å². The summed E-state index contributed by atoms with van der Waals surface area (Å²) in [4.78, 5) is 45.3. The highest BCUT2D eigenvalue weighted by Gasteiger charge is 2.52. The van der Waals surface area contributed by atoms with Gasteiger partial charge in [-0.1, -0.05) is 0 Å². The second kappa shape index (κ2) is 10.5. The molecule has 2 aliphatic rings. The molecule has 0 spiro atoms. The number of nitrogens with zero attached hydrogens (tertiary/aromatic N) is 1. The fourth-order valence-corrected chi connectivity index (χ4v) is 5.74. The van der Waals surface area contributed by atoms with Gasteiger partial charge in [-0.05, 0) is 20.8 Å². The Balaban J connectivity index is 1.60. The van der Waals surface area contributed by atoms with Crippen molar-refractivity contribution >= 4 is 15.6 Å². The van der Waals surface area contributed by atoms with E-state index in [-0.39, 0.29) is 12.0 Å². The van der Waals surface area contributed by atoms with Crippen molar-refractivity contribution in [3.05, 3.63) is 32.6 Å². The van der Waals surface area contributed by atoms with Gasteiger partial charge >= 0.3 is 21.3 Å². The van der Waals surface area contributed by atoms with Crippen molar-refractivity contribution in [3.8, 4) is 0 Å². The maximum Gasteiger partial charge on any atom is 0.483 e. The van der Waals surface area contributed by atoms with Crippen molar-refractivity contribution in [2.75, 3.05) is 6.61 Å². The van der Waals surface area contributed by atoms with Gasteiger partial charge in [0, 0.05) is 18.2 Å². The molecule has 36 heavy (non-hydrogen) atoms. The van der Waals surface area contributed by atoms with E-state index in [0.29, 0.717) is 0 Å². The first-order valence-electron chi connectivity index (χ1n) is 10.5. The maximum atomic E-state index is 12.3. The molecule has 0 amide bonds. The number of aryl methyl sites for hydroxylation is 1. The summed E-state index contributed by atoms with van der Waals surface area (Å²) in [7, 11) is -10.8. The normalized spacial score (nSPS) is 35.8. The molecule has 9 atom stereocenters. The number of ether oxygens (including phenoxy) is 2. The highest BCUT2D eigenvalue weighted by atomic mass is 31.3. The molecule has 17 nitrogen and oxygen atoms in total. The number of phosphoric acid groups is 2. The molecular weight excluding hydrogens is 534 g/mol. The zero-order valence-electron chi connectivity index (χ0n) is 19.2. The Hall–Kier alpha value is -1.30. The molecule has 2 aliphatic heterocycles. The number of nitrogens with one attached hydrogen (secondary N) is 1. The molecule has 2 saturated heterocycles. The third kappa shape index (κ3) is 6.57. The van der Waals surface area contributed by atoms with Gasteiger partial charge in [-0.2, -0.15) is 4.31 Å². The fraction of sp³-hybridized carbons (Fsp3) is 0.765. The lowest BCUT2D eigenvalue weighted by Crippen LogP contribution is -2.62. The van der Waals surface area contributed by atoms with Gasteiger partial charge in [0.15, 0.2) is 6.29 Å². The van der Waals surface area contributed by atoms with Crippen LogP contribution in [0.5, 0.6) is 0 Å². The zero-order chi connectivity index (χ0) is 27.2. The van der Waals surface area contributed by atoms with Crippen molar-refractivity contribution in [2.24, 2.45) is 0 Å². The predicted octanol–water partition coefficient (Wildman–Crippen LogP) is -2.04. The summed E-state index contributed by atoms with van der Waals surface area (Å²) in [5, 5.41) is 39.9. The van der Waals surface area contributed by atoms with Crippen LogP contribution in [0, 0.1) is 6.92 Å². The third-order valence-corrected chi connectivity index (χ3v) is 8.19. The lowest BCUT2D eigenvalue weighted by Gasteiger charge is -2.44. The van der Waals surface area contributed by atoms with Crippen molar-refractivity contribution in [1.82, 2.24) is 9.55 Å². The number of aliphatic hydroxyl groups is 4. The summed E-state index contributed by atoms with van der Waals surface area (Å²) in [5.41, 5.74) is -2.77. The number of phosphoric ester groups is 2. The molecule has 206 valence electrons. The van der Waals surface area contributed by atoms with Gasteiger partial charge in [-0.3, -0.25) is 23.4 Å². The Morgan fingerprint density at radius 2 is 1.78 bits per heavy atom. The number of hydrogen-bond acceptors (Lipinski definition) is 13. The molecule has 0 bridgehead atoms. The summed E-state index contributed by atoms with van der Waals surface area (Å²) in [6, 6.07) is 0. The Morgan fingerprint density at radius 1 is 1.14 bits per heavy atom. The van der Waals surface area contributed by atoms with Crippen LogP contribution in [-0.2, 0) is 32.0 Å². The van der Waals surface area contributed by atoms with Crippen LogP contribution in [0.1, 0.15) is 32.1 Å². The Kier molecular flexibility index (Phi) is 8.50. The first-order valence-corrected chi connectivity index (χ1v) is 13.5. The maximum absolute atomic E-state index is 12.3. The summed E-state index contributed by atoms with van der Waals surface area (Å²) in [6.45, 7) is 3.18. The SMILES string of the molecule is Cc1cn([C@H]2C[C@H](O)[C@@H](COP(=O)(O)OP(=O)(O)OC3OC(C)(C)[C@H](O)[C@@H](O)[C@H]3O)O2)c(=O)[nH]c1=O. The second-order valence-corrected chi connectivity index (χ2v) is 11.8. The Morgan fingerprint density at radius 3 is 2.42 bits per heavy atom. The predicted molar refractivity (Wildman–Crippen MR) is 115 cm³/mol. The molecule has 0 radical (unpaired) electrons. The van der Waals surface area contributed by atoms with E-state index in [1.807, 2.05) is 0 Å². The minimum Gasteiger partial charge on any atom is -0.390 e. The molecular formula is C17H28N2O15P2. The smallest absolute Gasteiger partial charge is 0.390 e. The van der Waals surface area contributed by atoms with Crippen molar-refractivity contribution < 1.29 is 62.2 Å². The molecule has 3 heterocycles. The van der Waals surface area contributed by atoms with Crippen LogP contribution in [0.4, 0.5) is 0 Å². The molecule has 3 unspecified atom stereocenters. The van der Waals surface area contributed by atoms with Crippen molar-refractivity contribution in [2.45, 2.75) is 75.8 Å². The van der Waals surface area contributed by atoms with Gasteiger partial charge in [-0.25, -0.2) is 13.9 Å². The topological polar surface area (TPSA) is 257 Å². The first-order chi connectivity index (χ1) is 16.4. The summed E-state index contributed by atoms with van der Waals surface area (Å²) in [5.74, 6) is 0. The van der Waals surface area contributed by atoms with Gasteiger partial charge in [-0.15, -0.1) is 0 Å². The van der Waals surface area contributed by atoms with E-state index < -0.39 is 82.1 Å². The third-order valence-electron chi connectivity index (χ3n) is 5.59. The van der Waals surface area contributed by atoms with Crippen molar-refractivity contribution in [1.29, 1.82) is 0 Å². The number of aromatic amines is 1. The molecule has 0 saturated carbocycles. The van der Waals surface area contributed by atoms with E-state index in [1.54, 1.807) is 0 Å². The lowest BCUT2D eigenvalue weighted by atomic mass is 9.90. The molecule has 7 N–H and O–H groups in total. The fourth-order valence-electron chi connectivity index (χ4n) is 3.59. The average Bonchev–Trinajstić information content (AvgIpc) is 3.11. The van der Waals surface area contributed by atoms with Crippen LogP contribution in [-0.4, -0.2) is 88.8 Å². The monoisotopic (exact) mass is 562 g/mol. The molecule has 1 aromatic rings. The summed E-state index contributed by atoms with van der Waals surface area (Å²) >= 11 is 0. The number of aromatic nitrogens is 2. The number of H-pyrrole nitrogens is 1. The highest BCUT2D eigenvalue weighted by Crippen LogP contribution is 2.61. The standard InChI is InChI=1S/C17H28N2O15P2/c1-7-5-19(16(25)18-14(7)24)10-4-8(20)9(31-10)6-30-35(26,27)34-36(28,29)33-15-12(22)11(21)13(23)17(2,3)32-15/h5,8-13,15,20-23H,4,6H2,1-3H3,(H,26,27)(H,28,29)(H,18,24,25)/t8-,9+,10+,11-,12+,13+,15?/m0/s1. The summed E-state index contributed by atoms with van der Waals surface area (Å²) in [6.07, 6.45) is -10.1. The van der Waals surface area contributed by atoms with Gasteiger partial charge in [0.25, 0.3) is 5.56 Å². The van der Waals surface area contributed by atoms with Crippen LogP contribution in [0.3, 0.4) is 0 Å². The second-order valence-electron chi connectivity index (χ2n) is 8.85. The van der Waals surface area contributed by atoms with Gasteiger partial charge in [0.2, 0.25) is 0 Å². The molecule has 2 fully saturated rings. The van der Waals surface area contributed by atoms with Crippen LogP contribution in [0.2, 0.25) is 0 Å². The van der Waals surface area contributed by atoms with Crippen LogP contribution < -0.4 is 11.2 Å². The van der Waals surface area contributed by atoms with E-state index in [1.165, 1.54) is 27.0 Å². The van der Waals surface area contributed by atoms with Crippen molar-refractivity contribution in [3.63, 3.8) is 0 Å². The molecule has 0 aliphatic carbocycles. The Bertz CT molecular complexity index is 1170. The Labute approximate surface area is 203 Å². The quantitative estimate of drug-likeness (QED) is 0.168. The summed E-state index contributed by atoms with van der Waals surface area (Å²) < 4.78 is 49.4. The van der Waals surface area contributed by atoms with E-state index in [2.05, 4.69) is 18.3 Å². The molecule has 1 aromatic heterocycles. The number of hydrogen-bond donors (Lipinski definition) is 7. The van der Waals surface area contributed by atoms with E-state index in [9.17, 15) is 48.9 Å². The van der Waals surface area contributed by atoms with Gasteiger partial charge in [0.05, 0.1) is 18.3 Å². The first kappa shape index (κ1) is 29.3. The minimum atomic E-state index is -5.47. The van der Waals surface area contributed by atoms with Crippen LogP contribution in [0.15, 0.2) is 15.8 Å². The molecule has 0 aromatic carbocycles. The van der Waals surface area contributed by atoms with Gasteiger partial charge in [0.1, 0.15) is 30.6 Å². The van der Waals surface area contributed by atoms with Gasteiger partial charge < -0.3 is 39.7 Å². The van der Waals surface area contributed by atoms with E-state index in [0.717, 1.165) is 4.57 Å². The van der Waals surface area contributed by atoms with Crippen LogP contribution in [0.25, 0.3) is 0 Å². The molecule has 3 rings (SSSR count). The highest BCUT2D eigenvalue weighted by molar-refractivity contribution is 7.61. The number of rotatable bonds is 8. The lowest BCUT2D eigenvalue weighted by molar-refractivity contribution is -0.304. The average molecular weight is 562 g/mol. The number of aliphatic hydroxyl groups excluding tert-OH is 4. The zero-order valence-corrected chi connectivity index (χ0v) is 21.0. The largest absolute Gasteiger partial charge is 0.483 e. The van der Waals surface area contributed by atoms with Crippen LogP contribution >= 0.6 is 15.6 Å².